The van der Waals surface area contributed by atoms with Crippen LogP contribution in [-0.2, 0) is 12.1 Å². The summed E-state index contributed by atoms with van der Waals surface area (Å²) in [6.45, 7) is 5.37. The number of aryl methyl sites for hydroxylation is 1. The van der Waals surface area contributed by atoms with Crippen molar-refractivity contribution in [3.8, 4) is 0 Å². The molecule has 1 saturated carbocycles. The van der Waals surface area contributed by atoms with Gasteiger partial charge in [-0.15, -0.1) is 0 Å². The van der Waals surface area contributed by atoms with E-state index in [0.29, 0.717) is 0 Å². The molecule has 0 aromatic carbocycles. The molecule has 2 aromatic heterocycles. The average Bonchev–Trinajstić information content (AvgIpc) is 2.81. The van der Waals surface area contributed by atoms with E-state index < -0.39 is 0 Å². The van der Waals surface area contributed by atoms with Crippen molar-refractivity contribution in [3.05, 3.63) is 24.3 Å². The third kappa shape index (κ3) is 2.04. The minimum atomic E-state index is -0.262. The molecule has 2 aromatic rings. The Labute approximate surface area is 114 Å². The van der Waals surface area contributed by atoms with Gasteiger partial charge in [0.05, 0.1) is 17.3 Å². The zero-order valence-electron chi connectivity index (χ0n) is 11.8. The van der Waals surface area contributed by atoms with E-state index in [1.807, 2.05) is 18.5 Å². The van der Waals surface area contributed by atoms with Crippen LogP contribution in [-0.4, -0.2) is 14.5 Å². The number of aromatic nitrogens is 3. The number of nitrogens with two attached hydrogens (primary N) is 1. The number of hydrogen-bond donors (Lipinski definition) is 1. The van der Waals surface area contributed by atoms with Gasteiger partial charge in [0.1, 0.15) is 11.3 Å². The Bertz CT molecular complexity index is 579. The summed E-state index contributed by atoms with van der Waals surface area (Å²) in [7, 11) is 0. The average molecular weight is 258 g/mol. The van der Waals surface area contributed by atoms with Gasteiger partial charge in [-0.2, -0.15) is 0 Å². The van der Waals surface area contributed by atoms with Gasteiger partial charge >= 0.3 is 0 Å². The number of rotatable bonds is 2. The van der Waals surface area contributed by atoms with Crippen molar-refractivity contribution < 1.29 is 0 Å². The molecule has 19 heavy (non-hydrogen) atoms. The zero-order valence-corrected chi connectivity index (χ0v) is 11.8. The second-order valence-corrected chi connectivity index (χ2v) is 5.88. The SMILES string of the molecule is CCn1c(C2(N)CCC(C)CC2)nc2cnccc21. The Morgan fingerprint density at radius 3 is 2.84 bits per heavy atom. The lowest BCUT2D eigenvalue weighted by Crippen LogP contribution is -2.42. The van der Waals surface area contributed by atoms with Gasteiger partial charge in [-0.1, -0.05) is 6.92 Å². The van der Waals surface area contributed by atoms with Crippen molar-refractivity contribution in [1.29, 1.82) is 0 Å². The molecule has 0 unspecified atom stereocenters. The summed E-state index contributed by atoms with van der Waals surface area (Å²) in [5, 5.41) is 0. The summed E-state index contributed by atoms with van der Waals surface area (Å²) in [4.78, 5) is 8.94. The van der Waals surface area contributed by atoms with Crippen LogP contribution in [0.3, 0.4) is 0 Å². The maximum absolute atomic E-state index is 6.68. The standard InChI is InChI=1S/C15H22N4/c1-3-19-13-6-9-17-10-12(13)18-14(19)15(16)7-4-11(2)5-8-15/h6,9-11H,3-5,7-8,16H2,1-2H3. The van der Waals surface area contributed by atoms with Crippen molar-refractivity contribution in [3.63, 3.8) is 0 Å². The molecule has 0 spiro atoms. The van der Waals surface area contributed by atoms with E-state index in [1.54, 1.807) is 0 Å². The fourth-order valence-electron chi connectivity index (χ4n) is 3.18. The highest BCUT2D eigenvalue weighted by Crippen LogP contribution is 2.37. The van der Waals surface area contributed by atoms with Crippen LogP contribution in [0.5, 0.6) is 0 Å². The quantitative estimate of drug-likeness (QED) is 0.901. The molecule has 102 valence electrons. The number of imidazole rings is 1. The third-order valence-corrected chi connectivity index (χ3v) is 4.48. The lowest BCUT2D eigenvalue weighted by molar-refractivity contribution is 0.232. The Morgan fingerprint density at radius 2 is 2.16 bits per heavy atom. The zero-order chi connectivity index (χ0) is 13.5. The smallest absolute Gasteiger partial charge is 0.130 e. The molecule has 2 heterocycles. The molecule has 1 aliphatic carbocycles. The second-order valence-electron chi connectivity index (χ2n) is 5.88. The second kappa shape index (κ2) is 4.60. The highest BCUT2D eigenvalue weighted by atomic mass is 15.1. The molecule has 0 saturated heterocycles. The fourth-order valence-corrected chi connectivity index (χ4v) is 3.18. The first-order valence-corrected chi connectivity index (χ1v) is 7.23. The van der Waals surface area contributed by atoms with Crippen molar-refractivity contribution in [2.45, 2.75) is 51.6 Å². The first-order chi connectivity index (χ1) is 9.14. The van der Waals surface area contributed by atoms with E-state index in [0.717, 1.165) is 42.2 Å². The van der Waals surface area contributed by atoms with E-state index in [-0.39, 0.29) is 5.54 Å². The lowest BCUT2D eigenvalue weighted by Gasteiger charge is -2.35. The summed E-state index contributed by atoms with van der Waals surface area (Å²) in [6, 6.07) is 2.03. The molecule has 3 rings (SSSR count). The number of hydrogen-bond acceptors (Lipinski definition) is 3. The normalized spacial score (nSPS) is 27.8. The molecule has 2 N–H and O–H groups in total. The molecule has 1 fully saturated rings. The van der Waals surface area contributed by atoms with Crippen LogP contribution >= 0.6 is 0 Å². The minimum Gasteiger partial charge on any atom is -0.327 e. The molecule has 0 radical (unpaired) electrons. The molecular weight excluding hydrogens is 236 g/mol. The van der Waals surface area contributed by atoms with Crippen LogP contribution in [0.4, 0.5) is 0 Å². The molecule has 0 aliphatic heterocycles. The summed E-state index contributed by atoms with van der Waals surface area (Å²) < 4.78 is 2.26. The highest BCUT2D eigenvalue weighted by Gasteiger charge is 2.36. The van der Waals surface area contributed by atoms with E-state index in [2.05, 4.69) is 23.4 Å². The van der Waals surface area contributed by atoms with Gasteiger partial charge in [-0.25, -0.2) is 4.98 Å². The summed E-state index contributed by atoms with van der Waals surface area (Å²) in [5.74, 6) is 1.84. The van der Waals surface area contributed by atoms with Crippen LogP contribution in [0, 0.1) is 5.92 Å². The Hall–Kier alpha value is -1.42. The van der Waals surface area contributed by atoms with Gasteiger partial charge in [0.15, 0.2) is 0 Å². The monoisotopic (exact) mass is 258 g/mol. The minimum absolute atomic E-state index is 0.262. The van der Waals surface area contributed by atoms with Crippen molar-refractivity contribution in [2.24, 2.45) is 11.7 Å². The van der Waals surface area contributed by atoms with Gasteiger partial charge in [-0.3, -0.25) is 4.98 Å². The summed E-state index contributed by atoms with van der Waals surface area (Å²) in [5.41, 5.74) is 8.53. The summed E-state index contributed by atoms with van der Waals surface area (Å²) in [6.07, 6.45) is 8.12. The van der Waals surface area contributed by atoms with Gasteiger partial charge in [-0.05, 0) is 44.6 Å². The fraction of sp³-hybridized carbons (Fsp3) is 0.600. The lowest BCUT2D eigenvalue weighted by atomic mass is 9.77. The largest absolute Gasteiger partial charge is 0.327 e. The molecule has 4 nitrogen and oxygen atoms in total. The van der Waals surface area contributed by atoms with E-state index in [4.69, 9.17) is 10.7 Å². The summed E-state index contributed by atoms with van der Waals surface area (Å²) >= 11 is 0. The van der Waals surface area contributed by atoms with Crippen LogP contribution in [0.1, 0.15) is 45.4 Å². The van der Waals surface area contributed by atoms with Crippen LogP contribution in [0.2, 0.25) is 0 Å². The molecule has 0 bridgehead atoms. The Balaban J connectivity index is 2.09. The third-order valence-electron chi connectivity index (χ3n) is 4.48. The molecule has 4 heteroatoms. The molecule has 0 atom stereocenters. The van der Waals surface area contributed by atoms with Gasteiger partial charge in [0.25, 0.3) is 0 Å². The Morgan fingerprint density at radius 1 is 1.42 bits per heavy atom. The van der Waals surface area contributed by atoms with Crippen molar-refractivity contribution in [1.82, 2.24) is 14.5 Å². The van der Waals surface area contributed by atoms with Crippen LogP contribution < -0.4 is 5.73 Å². The van der Waals surface area contributed by atoms with Gasteiger partial charge < -0.3 is 10.3 Å². The van der Waals surface area contributed by atoms with E-state index in [9.17, 15) is 0 Å². The van der Waals surface area contributed by atoms with Crippen LogP contribution in [0.15, 0.2) is 18.5 Å². The first-order valence-electron chi connectivity index (χ1n) is 7.23. The van der Waals surface area contributed by atoms with Crippen molar-refractivity contribution >= 4 is 11.0 Å². The van der Waals surface area contributed by atoms with Gasteiger partial charge in [0, 0.05) is 12.7 Å². The maximum atomic E-state index is 6.68. The number of nitrogens with zero attached hydrogens (tertiary/aromatic N) is 3. The molecular formula is C15H22N4. The number of fused-ring (bicyclic) bond motifs is 1. The van der Waals surface area contributed by atoms with E-state index in [1.165, 1.54) is 12.8 Å². The topological polar surface area (TPSA) is 56.7 Å². The molecule has 1 aliphatic rings. The van der Waals surface area contributed by atoms with E-state index >= 15 is 0 Å². The number of pyridine rings is 1. The predicted molar refractivity (Wildman–Crippen MR) is 76.7 cm³/mol. The molecule has 0 amide bonds. The highest BCUT2D eigenvalue weighted by molar-refractivity contribution is 5.75. The maximum Gasteiger partial charge on any atom is 0.130 e. The van der Waals surface area contributed by atoms with Gasteiger partial charge in [0.2, 0.25) is 0 Å². The van der Waals surface area contributed by atoms with Crippen LogP contribution in [0.25, 0.3) is 11.0 Å². The Kier molecular flexibility index (Phi) is 3.05. The van der Waals surface area contributed by atoms with Crippen molar-refractivity contribution in [2.75, 3.05) is 0 Å². The first kappa shape index (κ1) is 12.6. The predicted octanol–water partition coefficient (Wildman–Crippen LogP) is 2.82.